The van der Waals surface area contributed by atoms with Crippen LogP contribution in [-0.4, -0.2) is 33.5 Å². The number of hydrogen-bond acceptors (Lipinski definition) is 6. The molecule has 0 spiro atoms. The van der Waals surface area contributed by atoms with Crippen LogP contribution in [-0.2, 0) is 4.79 Å². The molecular weight excluding hydrogens is 491 g/mol. The van der Waals surface area contributed by atoms with E-state index in [-0.39, 0.29) is 16.5 Å². The van der Waals surface area contributed by atoms with Crippen molar-refractivity contribution in [1.29, 1.82) is 0 Å². The van der Waals surface area contributed by atoms with Crippen molar-refractivity contribution in [2.24, 2.45) is 0 Å². The van der Waals surface area contributed by atoms with E-state index in [1.165, 1.54) is 23.9 Å². The lowest BCUT2D eigenvalue weighted by Crippen LogP contribution is -2.16. The summed E-state index contributed by atoms with van der Waals surface area (Å²) in [7, 11) is 1.58. The fourth-order valence-corrected chi connectivity index (χ4v) is 4.24. The van der Waals surface area contributed by atoms with E-state index in [4.69, 9.17) is 21.1 Å². The summed E-state index contributed by atoms with van der Waals surface area (Å²) in [5, 5.41) is 11.9. The lowest BCUT2D eigenvalue weighted by Gasteiger charge is -2.18. The van der Waals surface area contributed by atoms with Gasteiger partial charge in [0.15, 0.2) is 28.6 Å². The average Bonchev–Trinajstić information content (AvgIpc) is 3.29. The molecule has 0 bridgehead atoms. The molecule has 1 unspecified atom stereocenters. The number of para-hydroxylation sites is 3. The second kappa shape index (κ2) is 11.2. The summed E-state index contributed by atoms with van der Waals surface area (Å²) in [6, 6.07) is 20.9. The predicted molar refractivity (Wildman–Crippen MR) is 134 cm³/mol. The highest BCUT2D eigenvalue weighted by molar-refractivity contribution is 7.99. The second-order valence-corrected chi connectivity index (χ2v) is 8.76. The van der Waals surface area contributed by atoms with Crippen molar-refractivity contribution in [3.05, 3.63) is 89.5 Å². The Kier molecular flexibility index (Phi) is 7.89. The summed E-state index contributed by atoms with van der Waals surface area (Å²) in [6.45, 7) is 1.86. The first-order chi connectivity index (χ1) is 17.0. The second-order valence-electron chi connectivity index (χ2n) is 7.38. The Bertz CT molecular complexity index is 1320. The van der Waals surface area contributed by atoms with Gasteiger partial charge >= 0.3 is 0 Å². The fraction of sp³-hybridized carbons (Fsp3) is 0.160. The van der Waals surface area contributed by atoms with Crippen molar-refractivity contribution in [3.8, 4) is 17.2 Å². The van der Waals surface area contributed by atoms with Crippen LogP contribution in [0.1, 0.15) is 18.9 Å². The first kappa shape index (κ1) is 24.6. The van der Waals surface area contributed by atoms with Crippen molar-refractivity contribution in [2.75, 3.05) is 18.2 Å². The van der Waals surface area contributed by atoms with Gasteiger partial charge in [0.05, 0.1) is 18.6 Å². The molecule has 1 aromatic heterocycles. The molecule has 4 rings (SSSR count). The Morgan fingerprint density at radius 2 is 1.80 bits per heavy atom. The predicted octanol–water partition coefficient (Wildman–Crippen LogP) is 5.94. The van der Waals surface area contributed by atoms with Crippen molar-refractivity contribution in [2.45, 2.75) is 18.2 Å². The molecule has 10 heteroatoms. The smallest absolute Gasteiger partial charge is 0.234 e. The minimum atomic E-state index is -0.604. The quantitative estimate of drug-likeness (QED) is 0.280. The number of nitrogens with one attached hydrogen (secondary N) is 1. The minimum Gasteiger partial charge on any atom is -0.493 e. The van der Waals surface area contributed by atoms with E-state index in [9.17, 15) is 9.18 Å². The van der Waals surface area contributed by atoms with Crippen LogP contribution in [0.25, 0.3) is 5.69 Å². The summed E-state index contributed by atoms with van der Waals surface area (Å²) in [6.07, 6.45) is -0.481. The zero-order chi connectivity index (χ0) is 24.8. The molecular formula is C25H22ClFN4O3S. The van der Waals surface area contributed by atoms with Gasteiger partial charge in [-0.05, 0) is 49.4 Å². The molecule has 7 nitrogen and oxygen atoms in total. The SMILES string of the molecule is COc1ccccc1OC(C)c1nnc(SCC(=O)Nc2ccc(Cl)cc2F)n1-c1ccccc1. The maximum absolute atomic E-state index is 14.0. The van der Waals surface area contributed by atoms with E-state index in [1.54, 1.807) is 7.11 Å². The van der Waals surface area contributed by atoms with Gasteiger partial charge in [0.1, 0.15) is 5.82 Å². The summed E-state index contributed by atoms with van der Waals surface area (Å²) in [5.41, 5.74) is 0.874. The third kappa shape index (κ3) is 5.93. The summed E-state index contributed by atoms with van der Waals surface area (Å²) in [4.78, 5) is 12.5. The van der Waals surface area contributed by atoms with Gasteiger partial charge in [0.25, 0.3) is 0 Å². The molecule has 0 saturated carbocycles. The van der Waals surface area contributed by atoms with Gasteiger partial charge in [-0.25, -0.2) is 4.39 Å². The van der Waals surface area contributed by atoms with Crippen LogP contribution in [0.2, 0.25) is 5.02 Å². The zero-order valence-electron chi connectivity index (χ0n) is 18.9. The van der Waals surface area contributed by atoms with E-state index in [2.05, 4.69) is 15.5 Å². The number of carbonyl (C=O) groups is 1. The van der Waals surface area contributed by atoms with E-state index < -0.39 is 17.8 Å². The maximum atomic E-state index is 14.0. The summed E-state index contributed by atoms with van der Waals surface area (Å²) < 4.78 is 27.4. The van der Waals surface area contributed by atoms with Gasteiger partial charge in [-0.3, -0.25) is 9.36 Å². The molecule has 180 valence electrons. The number of anilines is 1. The lowest BCUT2D eigenvalue weighted by molar-refractivity contribution is -0.113. The first-order valence-electron chi connectivity index (χ1n) is 10.6. The molecule has 0 saturated heterocycles. The van der Waals surface area contributed by atoms with Crippen LogP contribution in [0, 0.1) is 5.82 Å². The highest BCUT2D eigenvalue weighted by atomic mass is 35.5. The number of methoxy groups -OCH3 is 1. The van der Waals surface area contributed by atoms with Crippen LogP contribution in [0.15, 0.2) is 78.0 Å². The standard InChI is InChI=1S/C25H22ClFN4O3S/c1-16(34-22-11-7-6-10-21(22)33-2)24-29-30-25(31(24)18-8-4-3-5-9-18)35-15-23(32)28-20-13-12-17(26)14-19(20)27/h3-14,16H,15H2,1-2H3,(H,28,32). The lowest BCUT2D eigenvalue weighted by atomic mass is 10.3. The zero-order valence-corrected chi connectivity index (χ0v) is 20.5. The first-order valence-corrected chi connectivity index (χ1v) is 12.0. The summed E-state index contributed by atoms with van der Waals surface area (Å²) in [5.74, 6) is 0.726. The number of aromatic nitrogens is 3. The van der Waals surface area contributed by atoms with Gasteiger partial charge in [0, 0.05) is 10.7 Å². The maximum Gasteiger partial charge on any atom is 0.234 e. The molecule has 0 aliphatic heterocycles. The Balaban J connectivity index is 1.55. The number of ether oxygens (including phenoxy) is 2. The molecule has 1 atom stereocenters. The number of amides is 1. The number of benzene rings is 3. The van der Waals surface area contributed by atoms with Gasteiger partial charge in [-0.15, -0.1) is 10.2 Å². The largest absolute Gasteiger partial charge is 0.493 e. The molecule has 0 aliphatic carbocycles. The summed E-state index contributed by atoms with van der Waals surface area (Å²) >= 11 is 6.95. The van der Waals surface area contributed by atoms with Crippen LogP contribution in [0.4, 0.5) is 10.1 Å². The molecule has 0 fully saturated rings. The number of carbonyl (C=O) groups excluding carboxylic acids is 1. The van der Waals surface area contributed by atoms with Gasteiger partial charge in [-0.1, -0.05) is 53.7 Å². The average molecular weight is 513 g/mol. The Morgan fingerprint density at radius 3 is 2.51 bits per heavy atom. The number of halogens is 2. The molecule has 3 aromatic carbocycles. The highest BCUT2D eigenvalue weighted by Gasteiger charge is 2.22. The van der Waals surface area contributed by atoms with Crippen LogP contribution < -0.4 is 14.8 Å². The molecule has 1 heterocycles. The van der Waals surface area contributed by atoms with Gasteiger partial charge in [-0.2, -0.15) is 0 Å². The van der Waals surface area contributed by atoms with E-state index in [1.807, 2.05) is 66.1 Å². The molecule has 0 aliphatic rings. The molecule has 4 aromatic rings. The Hall–Kier alpha value is -3.56. The van der Waals surface area contributed by atoms with Crippen LogP contribution in [0.3, 0.4) is 0 Å². The van der Waals surface area contributed by atoms with Crippen molar-refractivity contribution < 1.29 is 18.7 Å². The number of rotatable bonds is 9. The van der Waals surface area contributed by atoms with E-state index in [0.29, 0.717) is 22.5 Å². The minimum absolute atomic E-state index is 0.00518. The third-order valence-electron chi connectivity index (χ3n) is 4.95. The Labute approximate surface area is 211 Å². The van der Waals surface area contributed by atoms with Crippen LogP contribution >= 0.6 is 23.4 Å². The normalized spacial score (nSPS) is 11.7. The fourth-order valence-electron chi connectivity index (χ4n) is 3.32. The molecule has 0 radical (unpaired) electrons. The number of nitrogens with zero attached hydrogens (tertiary/aromatic N) is 3. The highest BCUT2D eigenvalue weighted by Crippen LogP contribution is 2.32. The van der Waals surface area contributed by atoms with Gasteiger partial charge < -0.3 is 14.8 Å². The van der Waals surface area contributed by atoms with Gasteiger partial charge in [0.2, 0.25) is 5.91 Å². The van der Waals surface area contributed by atoms with E-state index >= 15 is 0 Å². The molecule has 1 N–H and O–H groups in total. The van der Waals surface area contributed by atoms with Crippen molar-refractivity contribution >= 4 is 35.0 Å². The topological polar surface area (TPSA) is 78.3 Å². The van der Waals surface area contributed by atoms with Crippen molar-refractivity contribution in [3.63, 3.8) is 0 Å². The third-order valence-corrected chi connectivity index (χ3v) is 6.11. The van der Waals surface area contributed by atoms with E-state index in [0.717, 1.165) is 11.8 Å². The van der Waals surface area contributed by atoms with Crippen molar-refractivity contribution in [1.82, 2.24) is 14.8 Å². The molecule has 1 amide bonds. The Morgan fingerprint density at radius 1 is 1.09 bits per heavy atom. The van der Waals surface area contributed by atoms with Crippen LogP contribution in [0.5, 0.6) is 11.5 Å². The monoisotopic (exact) mass is 512 g/mol. The molecule has 35 heavy (non-hydrogen) atoms. The number of hydrogen-bond donors (Lipinski definition) is 1. The number of thioether (sulfide) groups is 1.